The van der Waals surface area contributed by atoms with Crippen molar-refractivity contribution in [2.24, 2.45) is 17.1 Å². The van der Waals surface area contributed by atoms with E-state index in [0.717, 1.165) is 16.5 Å². The molecule has 0 bridgehead atoms. The van der Waals surface area contributed by atoms with E-state index in [-0.39, 0.29) is 30.4 Å². The van der Waals surface area contributed by atoms with Gasteiger partial charge in [-0.1, -0.05) is 52.8 Å². The van der Waals surface area contributed by atoms with Gasteiger partial charge < -0.3 is 16.0 Å². The van der Waals surface area contributed by atoms with Crippen LogP contribution in [0.5, 0.6) is 0 Å². The number of fused-ring (bicyclic) bond motifs is 1. The number of H-pyrrole nitrogens is 1. The van der Waals surface area contributed by atoms with Crippen molar-refractivity contribution in [1.82, 2.24) is 10.3 Å². The molecule has 0 aliphatic rings. The summed E-state index contributed by atoms with van der Waals surface area (Å²) in [7, 11) is 0. The number of aromatic amines is 1. The molecular formula is C24H35N3O3. The van der Waals surface area contributed by atoms with E-state index in [1.54, 1.807) is 0 Å². The third-order valence-corrected chi connectivity index (χ3v) is 5.30. The van der Waals surface area contributed by atoms with Crippen molar-refractivity contribution in [1.29, 1.82) is 0 Å². The van der Waals surface area contributed by atoms with Crippen LogP contribution in [0.25, 0.3) is 10.9 Å². The van der Waals surface area contributed by atoms with Gasteiger partial charge in [-0.05, 0) is 24.5 Å². The molecule has 4 N–H and O–H groups in total. The Hall–Kier alpha value is -2.47. The highest BCUT2D eigenvalue weighted by Gasteiger charge is 2.33. The lowest BCUT2D eigenvalue weighted by Crippen LogP contribution is -2.43. The first-order valence-corrected chi connectivity index (χ1v) is 10.7. The predicted molar refractivity (Wildman–Crippen MR) is 120 cm³/mol. The van der Waals surface area contributed by atoms with Crippen LogP contribution < -0.4 is 11.1 Å². The molecule has 0 saturated carbocycles. The fourth-order valence-electron chi connectivity index (χ4n) is 3.85. The van der Waals surface area contributed by atoms with Gasteiger partial charge in [0.2, 0.25) is 5.91 Å². The molecule has 1 aromatic carbocycles. The SMILES string of the molecule is CC(C)N[C@@H](CCC(N)=O)C(=O)CC(Cc1c[nH]c2ccccc12)C(=O)C(C)(C)C. The van der Waals surface area contributed by atoms with E-state index in [9.17, 15) is 14.4 Å². The molecule has 2 rings (SSSR count). The van der Waals surface area contributed by atoms with Crippen LogP contribution in [-0.4, -0.2) is 34.5 Å². The Labute approximate surface area is 179 Å². The normalized spacial score (nSPS) is 14.1. The molecule has 164 valence electrons. The highest BCUT2D eigenvalue weighted by molar-refractivity contribution is 5.94. The number of ketones is 2. The average molecular weight is 414 g/mol. The number of para-hydroxylation sites is 1. The third kappa shape index (κ3) is 6.52. The molecule has 1 unspecified atom stereocenters. The van der Waals surface area contributed by atoms with Crippen molar-refractivity contribution in [3.05, 3.63) is 36.0 Å². The molecule has 0 saturated heterocycles. The van der Waals surface area contributed by atoms with Crippen molar-refractivity contribution < 1.29 is 14.4 Å². The molecule has 1 heterocycles. The van der Waals surface area contributed by atoms with E-state index in [0.29, 0.717) is 12.8 Å². The zero-order chi connectivity index (χ0) is 22.5. The van der Waals surface area contributed by atoms with E-state index >= 15 is 0 Å². The number of primary amides is 1. The van der Waals surface area contributed by atoms with Gasteiger partial charge in [0.15, 0.2) is 0 Å². The fraction of sp³-hybridized carbons (Fsp3) is 0.542. The first kappa shape index (κ1) is 23.8. The molecule has 0 fully saturated rings. The van der Waals surface area contributed by atoms with Crippen LogP contribution in [0.4, 0.5) is 0 Å². The summed E-state index contributed by atoms with van der Waals surface area (Å²) in [4.78, 5) is 40.8. The minimum absolute atomic E-state index is 0.0487. The molecule has 0 radical (unpaired) electrons. The molecule has 2 atom stereocenters. The van der Waals surface area contributed by atoms with Gasteiger partial charge in [-0.15, -0.1) is 0 Å². The van der Waals surface area contributed by atoms with Crippen LogP contribution >= 0.6 is 0 Å². The van der Waals surface area contributed by atoms with Crippen LogP contribution in [-0.2, 0) is 20.8 Å². The van der Waals surface area contributed by atoms with Crippen molar-refractivity contribution in [3.8, 4) is 0 Å². The number of amides is 1. The maximum absolute atomic E-state index is 13.2. The Kier molecular flexibility index (Phi) is 7.96. The zero-order valence-corrected chi connectivity index (χ0v) is 18.7. The molecule has 6 nitrogen and oxygen atoms in total. The summed E-state index contributed by atoms with van der Waals surface area (Å²) in [6.07, 6.45) is 3.04. The van der Waals surface area contributed by atoms with Gasteiger partial charge in [0.25, 0.3) is 0 Å². The number of carbonyl (C=O) groups is 3. The van der Waals surface area contributed by atoms with Gasteiger partial charge in [-0.3, -0.25) is 14.4 Å². The Morgan fingerprint density at radius 1 is 1.13 bits per heavy atom. The molecular weight excluding hydrogens is 378 g/mol. The van der Waals surface area contributed by atoms with Crippen molar-refractivity contribution >= 4 is 28.4 Å². The Morgan fingerprint density at radius 2 is 1.80 bits per heavy atom. The summed E-state index contributed by atoms with van der Waals surface area (Å²) in [5.41, 5.74) is 6.78. The summed E-state index contributed by atoms with van der Waals surface area (Å²) in [6, 6.07) is 7.55. The van der Waals surface area contributed by atoms with Crippen LogP contribution in [0.2, 0.25) is 0 Å². The summed E-state index contributed by atoms with van der Waals surface area (Å²) in [5.74, 6) is -0.840. The molecule has 6 heteroatoms. The van der Waals surface area contributed by atoms with Crippen molar-refractivity contribution in [2.45, 2.75) is 72.4 Å². The first-order chi connectivity index (χ1) is 14.0. The molecule has 0 aliphatic heterocycles. The Morgan fingerprint density at radius 3 is 2.40 bits per heavy atom. The van der Waals surface area contributed by atoms with Crippen LogP contribution in [0.15, 0.2) is 30.5 Å². The van der Waals surface area contributed by atoms with Gasteiger partial charge in [0.05, 0.1) is 6.04 Å². The molecule has 1 amide bonds. The Bertz CT molecular complexity index is 892. The Balaban J connectivity index is 2.26. The largest absolute Gasteiger partial charge is 0.370 e. The van der Waals surface area contributed by atoms with Crippen LogP contribution in [0, 0.1) is 11.3 Å². The fourth-order valence-corrected chi connectivity index (χ4v) is 3.85. The maximum atomic E-state index is 13.2. The first-order valence-electron chi connectivity index (χ1n) is 10.7. The monoisotopic (exact) mass is 413 g/mol. The number of hydrogen-bond donors (Lipinski definition) is 3. The van der Waals surface area contributed by atoms with Gasteiger partial charge in [-0.2, -0.15) is 0 Å². The summed E-state index contributed by atoms with van der Waals surface area (Å²) in [5, 5.41) is 4.30. The number of rotatable bonds is 11. The smallest absolute Gasteiger partial charge is 0.217 e. The van der Waals surface area contributed by atoms with E-state index in [2.05, 4.69) is 10.3 Å². The van der Waals surface area contributed by atoms with Gasteiger partial charge >= 0.3 is 0 Å². The molecule has 0 aliphatic carbocycles. The minimum Gasteiger partial charge on any atom is -0.370 e. The molecule has 0 spiro atoms. The van der Waals surface area contributed by atoms with Crippen molar-refractivity contribution in [2.75, 3.05) is 0 Å². The summed E-state index contributed by atoms with van der Waals surface area (Å²) < 4.78 is 0. The molecule has 2 aromatic rings. The topological polar surface area (TPSA) is 105 Å². The number of carbonyl (C=O) groups excluding carboxylic acids is 3. The predicted octanol–water partition coefficient (Wildman–Crippen LogP) is 3.53. The highest BCUT2D eigenvalue weighted by atomic mass is 16.1. The van der Waals surface area contributed by atoms with Gasteiger partial charge in [-0.25, -0.2) is 0 Å². The third-order valence-electron chi connectivity index (χ3n) is 5.30. The summed E-state index contributed by atoms with van der Waals surface area (Å²) >= 11 is 0. The molecule has 1 aromatic heterocycles. The van der Waals surface area contributed by atoms with E-state index in [4.69, 9.17) is 5.73 Å². The highest BCUT2D eigenvalue weighted by Crippen LogP contribution is 2.29. The minimum atomic E-state index is -0.550. The number of Topliss-reactive ketones (excluding diaryl/α,β-unsaturated/α-hetero) is 2. The number of aromatic nitrogens is 1. The lowest BCUT2D eigenvalue weighted by molar-refractivity contribution is -0.134. The number of nitrogens with two attached hydrogens (primary N) is 1. The quantitative estimate of drug-likeness (QED) is 0.524. The van der Waals surface area contributed by atoms with E-state index in [1.165, 1.54) is 0 Å². The van der Waals surface area contributed by atoms with Crippen LogP contribution in [0.1, 0.15) is 59.4 Å². The average Bonchev–Trinajstić information content (AvgIpc) is 3.05. The number of hydrogen-bond acceptors (Lipinski definition) is 4. The standard InChI is InChI=1S/C24H35N3O3/c1-15(2)27-20(10-11-22(25)29)21(28)13-16(23(30)24(3,4)5)12-17-14-26-19-9-7-6-8-18(17)19/h6-9,14-16,20,26-27H,10-13H2,1-5H3,(H2,25,29)/t16?,20-/m0/s1. The summed E-state index contributed by atoms with van der Waals surface area (Å²) in [6.45, 7) is 9.57. The van der Waals surface area contributed by atoms with Crippen molar-refractivity contribution in [3.63, 3.8) is 0 Å². The second-order valence-corrected chi connectivity index (χ2v) is 9.42. The lowest BCUT2D eigenvalue weighted by Gasteiger charge is -2.26. The maximum Gasteiger partial charge on any atom is 0.217 e. The van der Waals surface area contributed by atoms with Gasteiger partial charge in [0.1, 0.15) is 11.6 Å². The number of benzene rings is 1. The van der Waals surface area contributed by atoms with Gasteiger partial charge in [0, 0.05) is 47.3 Å². The zero-order valence-electron chi connectivity index (χ0n) is 18.7. The number of nitrogens with one attached hydrogen (secondary N) is 2. The molecule has 30 heavy (non-hydrogen) atoms. The second kappa shape index (κ2) is 10.0. The van der Waals surface area contributed by atoms with E-state index < -0.39 is 23.3 Å². The lowest BCUT2D eigenvalue weighted by atomic mass is 9.77. The van der Waals surface area contributed by atoms with Crippen LogP contribution in [0.3, 0.4) is 0 Å². The second-order valence-electron chi connectivity index (χ2n) is 9.42. The van der Waals surface area contributed by atoms with E-state index in [1.807, 2.05) is 65.1 Å².